The van der Waals surface area contributed by atoms with E-state index in [0.717, 1.165) is 24.9 Å². The number of likely N-dealkylation sites (tertiary alicyclic amines) is 1. The van der Waals surface area contributed by atoms with E-state index < -0.39 is 22.6 Å². The van der Waals surface area contributed by atoms with E-state index in [2.05, 4.69) is 27.0 Å². The van der Waals surface area contributed by atoms with Gasteiger partial charge < -0.3 is 19.8 Å². The molecule has 1 spiro atoms. The number of fused-ring (bicyclic) bond motifs is 1. The van der Waals surface area contributed by atoms with Crippen molar-refractivity contribution in [3.05, 3.63) is 55.6 Å². The van der Waals surface area contributed by atoms with Crippen molar-refractivity contribution in [3.8, 4) is 0 Å². The number of hydrogen-bond donors (Lipinski definition) is 1. The zero-order valence-electron chi connectivity index (χ0n) is 22.8. The third kappa shape index (κ3) is 4.49. The van der Waals surface area contributed by atoms with Gasteiger partial charge in [0.05, 0.1) is 23.2 Å². The van der Waals surface area contributed by atoms with Crippen molar-refractivity contribution in [1.82, 2.24) is 9.80 Å². The van der Waals surface area contributed by atoms with Crippen LogP contribution in [0.1, 0.15) is 40.0 Å². The minimum absolute atomic E-state index is 0.00969. The molecule has 0 saturated carbocycles. The average molecular weight is 540 g/mol. The van der Waals surface area contributed by atoms with Crippen LogP contribution in [-0.2, 0) is 14.4 Å². The molecule has 7 nitrogen and oxygen atoms in total. The highest BCUT2D eigenvalue weighted by molar-refractivity contribution is 8.02. The van der Waals surface area contributed by atoms with Gasteiger partial charge in [-0.2, -0.15) is 0 Å². The van der Waals surface area contributed by atoms with Crippen LogP contribution >= 0.6 is 11.8 Å². The molecule has 7 atom stereocenters. The van der Waals surface area contributed by atoms with Gasteiger partial charge in [0.2, 0.25) is 17.7 Å². The molecule has 0 aliphatic carbocycles. The summed E-state index contributed by atoms with van der Waals surface area (Å²) in [7, 11) is 0. The van der Waals surface area contributed by atoms with Crippen molar-refractivity contribution in [2.75, 3.05) is 31.1 Å². The number of β-amino-alcohol motifs (C(OH)–C–C–N with tert-alkyl or cyclic N) is 1. The van der Waals surface area contributed by atoms with Gasteiger partial charge in [0.25, 0.3) is 0 Å². The number of amides is 3. The van der Waals surface area contributed by atoms with Crippen LogP contribution in [0.3, 0.4) is 0 Å². The number of thioether (sulfide) groups is 1. The van der Waals surface area contributed by atoms with Crippen LogP contribution in [0.4, 0.5) is 5.69 Å². The lowest BCUT2D eigenvalue weighted by atomic mass is 9.65. The summed E-state index contributed by atoms with van der Waals surface area (Å²) in [5, 5.41) is 9.88. The molecule has 1 aromatic rings. The molecule has 3 fully saturated rings. The van der Waals surface area contributed by atoms with Crippen molar-refractivity contribution in [1.29, 1.82) is 0 Å². The molecular weight excluding hydrogens is 498 g/mol. The lowest BCUT2D eigenvalue weighted by Crippen LogP contribution is -2.59. The van der Waals surface area contributed by atoms with Crippen molar-refractivity contribution in [3.63, 3.8) is 0 Å². The first-order valence-corrected chi connectivity index (χ1v) is 14.6. The summed E-state index contributed by atoms with van der Waals surface area (Å²) >= 11 is 1.66. The smallest absolute Gasteiger partial charge is 0.247 e. The summed E-state index contributed by atoms with van der Waals surface area (Å²) in [6.45, 7) is 14.5. The zero-order chi connectivity index (χ0) is 27.6. The van der Waals surface area contributed by atoms with E-state index in [9.17, 15) is 19.5 Å². The predicted octanol–water partition coefficient (Wildman–Crippen LogP) is 3.74. The molecule has 3 heterocycles. The second-order valence-electron chi connectivity index (χ2n) is 10.8. The Kier molecular flexibility index (Phi) is 8.72. The van der Waals surface area contributed by atoms with E-state index in [-0.39, 0.29) is 48.1 Å². The number of benzene rings is 1. The molecule has 2 bridgehead atoms. The molecule has 3 amide bonds. The van der Waals surface area contributed by atoms with Gasteiger partial charge in [0.1, 0.15) is 6.04 Å². The lowest BCUT2D eigenvalue weighted by molar-refractivity contribution is -0.144. The third-order valence-corrected chi connectivity index (χ3v) is 10.7. The van der Waals surface area contributed by atoms with E-state index in [4.69, 9.17) is 0 Å². The van der Waals surface area contributed by atoms with Gasteiger partial charge in [-0.15, -0.1) is 24.9 Å². The summed E-state index contributed by atoms with van der Waals surface area (Å²) in [4.78, 5) is 47.9. The predicted molar refractivity (Wildman–Crippen MR) is 153 cm³/mol. The summed E-state index contributed by atoms with van der Waals surface area (Å²) in [6, 6.07) is 8.74. The molecule has 3 aliphatic rings. The minimum atomic E-state index is -0.723. The highest BCUT2D eigenvalue weighted by atomic mass is 32.2. The molecule has 0 radical (unpaired) electrons. The largest absolute Gasteiger partial charge is 0.395 e. The summed E-state index contributed by atoms with van der Waals surface area (Å²) < 4.78 is -0.712. The van der Waals surface area contributed by atoms with Crippen molar-refractivity contribution in [2.45, 2.75) is 62.1 Å². The number of nitrogens with zero attached hydrogens (tertiary/aromatic N) is 3. The Balaban J connectivity index is 1.77. The van der Waals surface area contributed by atoms with E-state index in [1.807, 2.05) is 42.2 Å². The molecule has 1 aromatic carbocycles. The Hall–Kier alpha value is -2.58. The van der Waals surface area contributed by atoms with Crippen molar-refractivity contribution in [2.24, 2.45) is 17.8 Å². The number of rotatable bonds is 12. The number of anilines is 1. The molecular formula is C30H41N3O4S. The molecule has 4 rings (SSSR count). The number of aliphatic hydroxyl groups is 1. The topological polar surface area (TPSA) is 81.2 Å². The fourth-order valence-electron chi connectivity index (χ4n) is 7.03. The van der Waals surface area contributed by atoms with Gasteiger partial charge in [-0.1, -0.05) is 50.6 Å². The van der Waals surface area contributed by atoms with E-state index in [1.165, 1.54) is 0 Å². The second kappa shape index (κ2) is 11.7. The highest BCUT2D eigenvalue weighted by Gasteiger charge is 2.76. The maximum Gasteiger partial charge on any atom is 0.247 e. The van der Waals surface area contributed by atoms with Gasteiger partial charge in [-0.3, -0.25) is 14.4 Å². The number of aliphatic hydroxyl groups excluding tert-OH is 1. The minimum Gasteiger partial charge on any atom is -0.395 e. The SMILES string of the molecule is C=CCN(C(=O)[C@@H]1[C@H]2C(=O)N(CCO)C(C(=O)N(CC=C)C(C)CCC)C23S[C@@H]1CC3C)c1ccccc1. The monoisotopic (exact) mass is 539 g/mol. The number of para-hydroxylation sites is 1. The number of carbonyl (C=O) groups excluding carboxylic acids is 3. The van der Waals surface area contributed by atoms with Crippen LogP contribution in [-0.4, -0.2) is 80.9 Å². The Morgan fingerprint density at radius 3 is 2.50 bits per heavy atom. The first-order valence-electron chi connectivity index (χ1n) is 13.8. The Morgan fingerprint density at radius 1 is 1.21 bits per heavy atom. The van der Waals surface area contributed by atoms with Crippen molar-refractivity contribution < 1.29 is 19.5 Å². The third-order valence-electron chi connectivity index (χ3n) is 8.60. The molecule has 0 aromatic heterocycles. The summed E-state index contributed by atoms with van der Waals surface area (Å²) in [5.41, 5.74) is 0.767. The molecule has 206 valence electrons. The zero-order valence-corrected chi connectivity index (χ0v) is 23.6. The Labute approximate surface area is 230 Å². The number of carbonyl (C=O) groups is 3. The fourth-order valence-corrected chi connectivity index (χ4v) is 9.43. The quantitative estimate of drug-likeness (QED) is 0.410. The number of hydrogen-bond acceptors (Lipinski definition) is 5. The van der Waals surface area contributed by atoms with E-state index in [0.29, 0.717) is 13.1 Å². The standard InChI is InChI=1S/C30H41N3O4S/c1-6-12-21(5)31(15-7-2)29(37)26-30-20(4)19-23(38-30)24(25(30)28(36)33(26)17-18-34)27(35)32(16-8-3)22-13-10-9-11-14-22/h7-11,13-14,20-21,23-26,34H,2-3,6,12,15-19H2,1,4-5H3/t20?,21?,23-,24+,25+,26?,30?/m1/s1. The van der Waals surface area contributed by atoms with Gasteiger partial charge in [0, 0.05) is 36.6 Å². The molecule has 4 unspecified atom stereocenters. The molecule has 3 aliphatic heterocycles. The van der Waals surface area contributed by atoms with Crippen molar-refractivity contribution >= 4 is 35.2 Å². The molecule has 8 heteroatoms. The van der Waals surface area contributed by atoms with Gasteiger partial charge in [-0.05, 0) is 37.8 Å². The fraction of sp³-hybridized carbons (Fsp3) is 0.567. The first kappa shape index (κ1) is 28.4. The average Bonchev–Trinajstić information content (AvgIpc) is 3.50. The maximum absolute atomic E-state index is 14.4. The van der Waals surface area contributed by atoms with Gasteiger partial charge in [0.15, 0.2) is 0 Å². The molecule has 3 saturated heterocycles. The maximum atomic E-state index is 14.4. The molecule has 38 heavy (non-hydrogen) atoms. The summed E-state index contributed by atoms with van der Waals surface area (Å²) in [6.07, 6.45) is 5.98. The lowest BCUT2D eigenvalue weighted by Gasteiger charge is -2.42. The van der Waals surface area contributed by atoms with Gasteiger partial charge in [-0.25, -0.2) is 0 Å². The summed E-state index contributed by atoms with van der Waals surface area (Å²) in [5.74, 6) is -1.47. The van der Waals surface area contributed by atoms with Gasteiger partial charge >= 0.3 is 0 Å². The Bertz CT molecular complexity index is 1060. The normalized spacial score (nSPS) is 30.2. The van der Waals surface area contributed by atoms with Crippen LogP contribution in [0.5, 0.6) is 0 Å². The van der Waals surface area contributed by atoms with Crippen LogP contribution in [0.2, 0.25) is 0 Å². The van der Waals surface area contributed by atoms with Crippen LogP contribution in [0.25, 0.3) is 0 Å². The van der Waals surface area contributed by atoms with E-state index in [1.54, 1.807) is 33.7 Å². The second-order valence-corrected chi connectivity index (χ2v) is 12.3. The van der Waals surface area contributed by atoms with Crippen LogP contribution < -0.4 is 4.90 Å². The molecule has 1 N–H and O–H groups in total. The van der Waals surface area contributed by atoms with Crippen LogP contribution in [0.15, 0.2) is 55.6 Å². The van der Waals surface area contributed by atoms with E-state index >= 15 is 0 Å². The first-order chi connectivity index (χ1) is 18.3. The Morgan fingerprint density at radius 2 is 1.89 bits per heavy atom. The van der Waals surface area contributed by atoms with Crippen LogP contribution in [0, 0.1) is 17.8 Å². The highest BCUT2D eigenvalue weighted by Crippen LogP contribution is 2.69.